The lowest BCUT2D eigenvalue weighted by atomic mass is 9.98. The van der Waals surface area contributed by atoms with Gasteiger partial charge >= 0.3 is 11.9 Å². The number of aliphatic hydroxyl groups excluding tert-OH is 3. The molecule has 2 heterocycles. The summed E-state index contributed by atoms with van der Waals surface area (Å²) in [6.45, 7) is 0.509. The molecule has 1 aliphatic rings. The van der Waals surface area contributed by atoms with Crippen LogP contribution in [0.2, 0.25) is 0 Å². The van der Waals surface area contributed by atoms with Gasteiger partial charge in [0.1, 0.15) is 59.3 Å². The number of carbonyl (C=O) groups excluding carboxylic acids is 1. The predicted octanol–water partition coefficient (Wildman–Crippen LogP) is 0.225. The molecule has 1 fully saturated rings. The van der Waals surface area contributed by atoms with E-state index in [0.717, 1.165) is 19.1 Å². The molecule has 1 aliphatic heterocycles. The Hall–Kier alpha value is -4.41. The Labute approximate surface area is 242 Å². The van der Waals surface area contributed by atoms with Crippen LogP contribution in [0, 0.1) is 0 Å². The number of carboxylic acids is 1. The van der Waals surface area contributed by atoms with Gasteiger partial charge in [0.05, 0.1) is 25.6 Å². The Morgan fingerprint density at radius 2 is 1.70 bits per heavy atom. The average molecular weight is 607 g/mol. The van der Waals surface area contributed by atoms with E-state index in [2.05, 4.69) is 0 Å². The third-order valence-electron chi connectivity index (χ3n) is 6.62. The molecule has 15 nitrogen and oxygen atoms in total. The number of hydrogen-bond donors (Lipinski definition) is 7. The van der Waals surface area contributed by atoms with E-state index < -0.39 is 78.9 Å². The van der Waals surface area contributed by atoms with Gasteiger partial charge in [0.15, 0.2) is 16.9 Å². The third kappa shape index (κ3) is 7.15. The van der Waals surface area contributed by atoms with Crippen LogP contribution in [0.25, 0.3) is 22.3 Å². The lowest BCUT2D eigenvalue weighted by Crippen LogP contribution is -2.60. The highest BCUT2D eigenvalue weighted by atomic mass is 16.7. The first-order chi connectivity index (χ1) is 20.2. The van der Waals surface area contributed by atoms with Gasteiger partial charge in [0.2, 0.25) is 6.29 Å². The molecule has 0 saturated carbocycles. The minimum Gasteiger partial charge on any atom is -0.508 e. The Bertz CT molecular complexity index is 1560. The number of phenolic OH excluding ortho intramolecular Hbond substituents is 2. The van der Waals surface area contributed by atoms with Crippen molar-refractivity contribution in [1.29, 1.82) is 0 Å². The first-order valence-corrected chi connectivity index (χ1v) is 12.8. The molecule has 0 spiro atoms. The fraction of sp³-hybridized carbons (Fsp3) is 0.393. The lowest BCUT2D eigenvalue weighted by Gasteiger charge is -2.40. The predicted molar refractivity (Wildman–Crippen MR) is 144 cm³/mol. The van der Waals surface area contributed by atoms with Gasteiger partial charge in [-0.05, 0) is 25.1 Å². The maximum Gasteiger partial charge on any atom is 0.308 e. The second kappa shape index (κ2) is 12.4. The van der Waals surface area contributed by atoms with Crippen molar-refractivity contribution in [3.05, 3.63) is 46.6 Å². The number of benzene rings is 2. The number of aromatic hydroxyl groups is 2. The summed E-state index contributed by atoms with van der Waals surface area (Å²) in [6, 6.07) is 7.58. The maximum atomic E-state index is 12.6. The molecule has 0 bridgehead atoms. The lowest BCUT2D eigenvalue weighted by molar-refractivity contribution is -0.278. The largest absolute Gasteiger partial charge is 0.508 e. The zero-order chi connectivity index (χ0) is 31.6. The number of hydrogen-bond acceptors (Lipinski definition) is 14. The number of rotatable bonds is 10. The van der Waals surface area contributed by atoms with E-state index in [1.165, 1.54) is 31.4 Å². The minimum atomic E-state index is -1.89. The Balaban J connectivity index is 1.51. The quantitative estimate of drug-likeness (QED) is 0.153. The second-order valence-corrected chi connectivity index (χ2v) is 10.2. The number of methoxy groups -OCH3 is 1. The second-order valence-electron chi connectivity index (χ2n) is 10.2. The van der Waals surface area contributed by atoms with Crippen molar-refractivity contribution in [3.63, 3.8) is 0 Å². The Morgan fingerprint density at radius 3 is 2.37 bits per heavy atom. The first-order valence-electron chi connectivity index (χ1n) is 12.8. The first kappa shape index (κ1) is 31.5. The summed E-state index contributed by atoms with van der Waals surface area (Å²) in [7, 11) is 1.30. The van der Waals surface area contributed by atoms with Crippen molar-refractivity contribution < 1.29 is 68.7 Å². The molecular weight excluding hydrogens is 576 g/mol. The average Bonchev–Trinajstić information content (AvgIpc) is 2.91. The summed E-state index contributed by atoms with van der Waals surface area (Å²) >= 11 is 0. The molecule has 1 saturated heterocycles. The number of aliphatic carboxylic acids is 1. The monoisotopic (exact) mass is 606 g/mol. The summed E-state index contributed by atoms with van der Waals surface area (Å²) in [5, 5.41) is 69.7. The standard InChI is InChI=1S/C28H30O15/c1-28(38,9-21(32)33)10-22(34)40-11-20-24(35)25(36)26(37)27(43-20)42-16-4-3-12(5-18(16)39-2)17-8-15(31)23-14(30)6-13(29)7-19(23)41-17/h3-8,20,24-27,29-30,35-38H,9-11H2,1-2H3,(H,32,33)/t20-,24-,25+,26-,27-,28?/m1/s1. The van der Waals surface area contributed by atoms with Crippen LogP contribution < -0.4 is 14.9 Å². The SMILES string of the molecule is COc1cc(-c2cc(=O)c3c(O)cc(O)cc3o2)ccc1O[C@@H]1O[C@H](COC(=O)CC(C)(O)CC(=O)O)[C@@H](O)[C@H](O)[C@H]1O. The van der Waals surface area contributed by atoms with E-state index in [4.69, 9.17) is 28.5 Å². The highest BCUT2D eigenvalue weighted by Gasteiger charge is 2.46. The van der Waals surface area contributed by atoms with Crippen molar-refractivity contribution in [2.45, 2.75) is 56.1 Å². The van der Waals surface area contributed by atoms with Gasteiger partial charge in [-0.15, -0.1) is 0 Å². The topological polar surface area (TPSA) is 243 Å². The van der Waals surface area contributed by atoms with Crippen LogP contribution in [-0.4, -0.2) is 97.7 Å². The van der Waals surface area contributed by atoms with Crippen molar-refractivity contribution in [1.82, 2.24) is 0 Å². The fourth-order valence-corrected chi connectivity index (χ4v) is 4.52. The van der Waals surface area contributed by atoms with Crippen LogP contribution in [0.15, 0.2) is 45.6 Å². The van der Waals surface area contributed by atoms with E-state index in [-0.39, 0.29) is 34.0 Å². The van der Waals surface area contributed by atoms with Gasteiger partial charge < -0.3 is 59.1 Å². The summed E-state index contributed by atoms with van der Waals surface area (Å²) in [4.78, 5) is 35.6. The van der Waals surface area contributed by atoms with Crippen LogP contribution in [0.4, 0.5) is 0 Å². The van der Waals surface area contributed by atoms with E-state index in [1.54, 1.807) is 0 Å². The number of phenols is 2. The molecule has 0 radical (unpaired) electrons. The molecular formula is C28H30O15. The van der Waals surface area contributed by atoms with Crippen LogP contribution in [0.1, 0.15) is 19.8 Å². The molecule has 6 atom stereocenters. The zero-order valence-electron chi connectivity index (χ0n) is 22.9. The summed E-state index contributed by atoms with van der Waals surface area (Å²) in [5.41, 5.74) is -2.20. The molecule has 0 aliphatic carbocycles. The molecule has 2 aromatic carbocycles. The van der Waals surface area contributed by atoms with Gasteiger partial charge in [-0.3, -0.25) is 14.4 Å². The summed E-state index contributed by atoms with van der Waals surface area (Å²) < 4.78 is 27.3. The zero-order valence-corrected chi connectivity index (χ0v) is 22.9. The number of aliphatic hydroxyl groups is 4. The highest BCUT2D eigenvalue weighted by Crippen LogP contribution is 2.36. The van der Waals surface area contributed by atoms with E-state index >= 15 is 0 Å². The van der Waals surface area contributed by atoms with E-state index in [0.29, 0.717) is 5.56 Å². The van der Waals surface area contributed by atoms with Gasteiger partial charge in [-0.2, -0.15) is 0 Å². The van der Waals surface area contributed by atoms with E-state index in [9.17, 15) is 45.0 Å². The molecule has 1 aromatic heterocycles. The normalized spacial score (nSPS) is 23.3. The summed E-state index contributed by atoms with van der Waals surface area (Å²) in [6.07, 6.45) is -9.63. The Kier molecular flexibility index (Phi) is 9.12. The van der Waals surface area contributed by atoms with Crippen molar-refractivity contribution >= 4 is 22.9 Å². The fourth-order valence-electron chi connectivity index (χ4n) is 4.52. The summed E-state index contributed by atoms with van der Waals surface area (Å²) in [5.74, 6) is -2.97. The van der Waals surface area contributed by atoms with Crippen molar-refractivity contribution in [2.75, 3.05) is 13.7 Å². The highest BCUT2D eigenvalue weighted by molar-refractivity contribution is 5.86. The molecule has 3 aromatic rings. The maximum absolute atomic E-state index is 12.6. The van der Waals surface area contributed by atoms with Crippen molar-refractivity contribution in [3.8, 4) is 34.3 Å². The van der Waals surface area contributed by atoms with Gasteiger partial charge in [0.25, 0.3) is 0 Å². The van der Waals surface area contributed by atoms with Crippen LogP contribution >= 0.6 is 0 Å². The number of carboxylic acid groups (broad SMARTS) is 1. The van der Waals surface area contributed by atoms with Gasteiger partial charge in [0, 0.05) is 23.8 Å². The van der Waals surface area contributed by atoms with Crippen molar-refractivity contribution in [2.24, 2.45) is 0 Å². The molecule has 4 rings (SSSR count). The number of carbonyl (C=O) groups is 2. The molecule has 7 N–H and O–H groups in total. The van der Waals surface area contributed by atoms with Gasteiger partial charge in [-0.1, -0.05) is 0 Å². The molecule has 1 unspecified atom stereocenters. The van der Waals surface area contributed by atoms with Crippen LogP contribution in [-0.2, 0) is 19.1 Å². The van der Waals surface area contributed by atoms with E-state index in [1.807, 2.05) is 0 Å². The third-order valence-corrected chi connectivity index (χ3v) is 6.62. The minimum absolute atomic E-state index is 0.00206. The molecule has 0 amide bonds. The smallest absolute Gasteiger partial charge is 0.308 e. The number of ether oxygens (including phenoxy) is 4. The van der Waals surface area contributed by atoms with Gasteiger partial charge in [-0.25, -0.2) is 0 Å². The molecule has 15 heteroatoms. The number of esters is 1. The van der Waals surface area contributed by atoms with Crippen LogP contribution in [0.5, 0.6) is 23.0 Å². The Morgan fingerprint density at radius 1 is 0.977 bits per heavy atom. The molecule has 232 valence electrons. The van der Waals surface area contributed by atoms with Crippen LogP contribution in [0.3, 0.4) is 0 Å². The molecule has 43 heavy (non-hydrogen) atoms. The number of fused-ring (bicyclic) bond motifs is 1.